The van der Waals surface area contributed by atoms with E-state index in [1.807, 2.05) is 0 Å². The quantitative estimate of drug-likeness (QED) is 0.192. The van der Waals surface area contributed by atoms with Crippen LogP contribution >= 0.6 is 0 Å². The third kappa shape index (κ3) is 2.63. The highest BCUT2D eigenvalue weighted by Crippen LogP contribution is 2.45. The number of esters is 2. The van der Waals surface area contributed by atoms with E-state index in [1.165, 1.54) is 0 Å². The number of hydrogen-bond donors (Lipinski definition) is 0. The van der Waals surface area contributed by atoms with Gasteiger partial charge in [-0.05, 0) is 19.8 Å². The van der Waals surface area contributed by atoms with Gasteiger partial charge in [-0.25, -0.2) is 8.78 Å². The minimum absolute atomic E-state index is 0.175. The SMILES string of the molecule is CC1(c2c(F)c(F)c([N+](=O)[O-])c(F)c2F)C(=O)OC2(CCCCC2)OC1=O. The highest BCUT2D eigenvalue weighted by molar-refractivity contribution is 6.07. The Kier molecular flexibility index (Phi) is 4.35. The molecule has 7 nitrogen and oxygen atoms in total. The van der Waals surface area contributed by atoms with Gasteiger partial charge in [-0.1, -0.05) is 6.42 Å². The first-order valence-corrected chi connectivity index (χ1v) is 8.03. The molecule has 0 amide bonds. The Labute approximate surface area is 149 Å². The maximum Gasteiger partial charge on any atom is 0.346 e. The Balaban J connectivity index is 2.15. The average molecular weight is 391 g/mol. The number of rotatable bonds is 2. The van der Waals surface area contributed by atoms with Crippen molar-refractivity contribution in [1.29, 1.82) is 0 Å². The number of benzene rings is 1. The third-order valence-corrected chi connectivity index (χ3v) is 4.91. The van der Waals surface area contributed by atoms with Crippen LogP contribution in [0, 0.1) is 33.4 Å². The number of nitrogens with zero attached hydrogens (tertiary/aromatic N) is 1. The molecule has 1 aromatic rings. The normalized spacial score (nSPS) is 20.9. The molecule has 2 fully saturated rings. The molecule has 1 saturated heterocycles. The summed E-state index contributed by atoms with van der Waals surface area (Å²) in [6, 6.07) is 0. The van der Waals surface area contributed by atoms with Crippen molar-refractivity contribution in [2.45, 2.75) is 50.2 Å². The van der Waals surface area contributed by atoms with Gasteiger partial charge in [-0.15, -0.1) is 0 Å². The summed E-state index contributed by atoms with van der Waals surface area (Å²) in [7, 11) is 0. The molecule has 0 bridgehead atoms. The topological polar surface area (TPSA) is 95.7 Å². The minimum Gasteiger partial charge on any atom is -0.421 e. The molecule has 0 radical (unpaired) electrons. The van der Waals surface area contributed by atoms with Gasteiger partial charge in [-0.2, -0.15) is 8.78 Å². The largest absolute Gasteiger partial charge is 0.421 e. The van der Waals surface area contributed by atoms with Crippen LogP contribution in [0.1, 0.15) is 44.6 Å². The summed E-state index contributed by atoms with van der Waals surface area (Å²) < 4.78 is 66.9. The molecule has 2 aliphatic rings. The number of nitro groups is 1. The Morgan fingerprint density at radius 2 is 1.33 bits per heavy atom. The highest BCUT2D eigenvalue weighted by Gasteiger charge is 2.60. The second kappa shape index (κ2) is 6.17. The van der Waals surface area contributed by atoms with Crippen molar-refractivity contribution >= 4 is 17.6 Å². The molecule has 3 rings (SSSR count). The van der Waals surface area contributed by atoms with Crippen LogP contribution in [0.3, 0.4) is 0 Å². The maximum atomic E-state index is 14.4. The molecule has 1 saturated carbocycles. The van der Waals surface area contributed by atoms with E-state index in [0.717, 1.165) is 6.42 Å². The second-order valence-electron chi connectivity index (χ2n) is 6.61. The number of ether oxygens (including phenoxy) is 2. The summed E-state index contributed by atoms with van der Waals surface area (Å²) in [6.45, 7) is 0.680. The Hall–Kier alpha value is -2.72. The highest BCUT2D eigenvalue weighted by atomic mass is 19.2. The fourth-order valence-corrected chi connectivity index (χ4v) is 3.36. The van der Waals surface area contributed by atoms with Crippen LogP contribution in [-0.2, 0) is 24.5 Å². The molecule has 0 atom stereocenters. The molecule has 1 spiro atoms. The number of carbonyl (C=O) groups excluding carboxylic acids is 2. The Morgan fingerprint density at radius 1 is 0.889 bits per heavy atom. The minimum atomic E-state index is -2.87. The first-order chi connectivity index (χ1) is 12.5. The van der Waals surface area contributed by atoms with E-state index in [9.17, 15) is 37.3 Å². The molecule has 1 aliphatic carbocycles. The van der Waals surface area contributed by atoms with E-state index in [4.69, 9.17) is 9.47 Å². The van der Waals surface area contributed by atoms with Crippen molar-refractivity contribution in [3.8, 4) is 0 Å². The molecule has 146 valence electrons. The van der Waals surface area contributed by atoms with Crippen molar-refractivity contribution in [2.75, 3.05) is 0 Å². The average Bonchev–Trinajstić information content (AvgIpc) is 2.59. The number of nitro benzene ring substituents is 1. The summed E-state index contributed by atoms with van der Waals surface area (Å²) in [5, 5.41) is 10.7. The summed E-state index contributed by atoms with van der Waals surface area (Å²) in [6.07, 6.45) is 2.29. The van der Waals surface area contributed by atoms with Crippen LogP contribution in [-0.4, -0.2) is 22.6 Å². The lowest BCUT2D eigenvalue weighted by Crippen LogP contribution is -2.58. The molecule has 1 aliphatic heterocycles. The van der Waals surface area contributed by atoms with Crippen LogP contribution in [0.4, 0.5) is 23.2 Å². The second-order valence-corrected chi connectivity index (χ2v) is 6.61. The summed E-state index contributed by atoms with van der Waals surface area (Å²) >= 11 is 0. The number of carbonyl (C=O) groups is 2. The van der Waals surface area contributed by atoms with Crippen LogP contribution < -0.4 is 0 Å². The zero-order valence-corrected chi connectivity index (χ0v) is 13.9. The van der Waals surface area contributed by atoms with Crippen molar-refractivity contribution < 1.29 is 41.5 Å². The van der Waals surface area contributed by atoms with Gasteiger partial charge in [0.15, 0.2) is 17.0 Å². The zero-order valence-electron chi connectivity index (χ0n) is 13.9. The Morgan fingerprint density at radius 3 is 1.74 bits per heavy atom. The van der Waals surface area contributed by atoms with Crippen LogP contribution in [0.5, 0.6) is 0 Å². The van der Waals surface area contributed by atoms with E-state index in [2.05, 4.69) is 0 Å². The van der Waals surface area contributed by atoms with Gasteiger partial charge in [0.2, 0.25) is 11.6 Å². The standard InChI is InChI=1S/C16H13F4NO6/c1-15(7-8(17)10(19)12(21(24)25)11(20)9(7)18)13(22)26-16(27-14(15)23)5-3-2-4-6-16/h2-6H2,1H3. The van der Waals surface area contributed by atoms with Gasteiger partial charge in [0.25, 0.3) is 5.79 Å². The third-order valence-electron chi connectivity index (χ3n) is 4.91. The predicted octanol–water partition coefficient (Wildman–Crippen LogP) is 3.17. The molecule has 1 aromatic carbocycles. The van der Waals surface area contributed by atoms with Gasteiger partial charge >= 0.3 is 17.6 Å². The van der Waals surface area contributed by atoms with Crippen LogP contribution in [0.15, 0.2) is 0 Å². The van der Waals surface area contributed by atoms with Crippen LogP contribution in [0.2, 0.25) is 0 Å². The van der Waals surface area contributed by atoms with Crippen molar-refractivity contribution in [3.05, 3.63) is 38.9 Å². The number of hydrogen-bond acceptors (Lipinski definition) is 6. The summed E-state index contributed by atoms with van der Waals surface area (Å²) in [5.41, 5.74) is -6.57. The van der Waals surface area contributed by atoms with Gasteiger partial charge in [0.05, 0.1) is 10.5 Å². The van der Waals surface area contributed by atoms with E-state index >= 15 is 0 Å². The van der Waals surface area contributed by atoms with Crippen LogP contribution in [0.25, 0.3) is 0 Å². The van der Waals surface area contributed by atoms with E-state index in [0.29, 0.717) is 19.8 Å². The van der Waals surface area contributed by atoms with E-state index in [1.54, 1.807) is 0 Å². The molecule has 1 heterocycles. The lowest BCUT2D eigenvalue weighted by Gasteiger charge is -2.43. The van der Waals surface area contributed by atoms with Gasteiger partial charge in [0.1, 0.15) is 0 Å². The monoisotopic (exact) mass is 391 g/mol. The van der Waals surface area contributed by atoms with Gasteiger partial charge in [-0.3, -0.25) is 19.7 Å². The number of halogens is 4. The van der Waals surface area contributed by atoms with Crippen molar-refractivity contribution in [3.63, 3.8) is 0 Å². The molecular formula is C16H13F4NO6. The molecule has 0 unspecified atom stereocenters. The molecular weight excluding hydrogens is 378 g/mol. The fourth-order valence-electron chi connectivity index (χ4n) is 3.36. The predicted molar refractivity (Wildman–Crippen MR) is 78.3 cm³/mol. The molecule has 0 N–H and O–H groups in total. The summed E-state index contributed by atoms with van der Waals surface area (Å²) in [5.74, 6) is -13.6. The Bertz CT molecular complexity index is 816. The van der Waals surface area contributed by atoms with Crippen molar-refractivity contribution in [2.24, 2.45) is 0 Å². The maximum absolute atomic E-state index is 14.4. The first kappa shape index (κ1) is 19.1. The lowest BCUT2D eigenvalue weighted by atomic mass is 9.79. The van der Waals surface area contributed by atoms with E-state index < -0.39 is 62.6 Å². The molecule has 0 aromatic heterocycles. The van der Waals surface area contributed by atoms with Gasteiger partial charge in [0, 0.05) is 12.8 Å². The van der Waals surface area contributed by atoms with Gasteiger partial charge < -0.3 is 9.47 Å². The van der Waals surface area contributed by atoms with E-state index in [-0.39, 0.29) is 12.8 Å². The molecule has 27 heavy (non-hydrogen) atoms. The fraction of sp³-hybridized carbons (Fsp3) is 0.500. The zero-order chi connectivity index (χ0) is 20.1. The first-order valence-electron chi connectivity index (χ1n) is 8.03. The molecule has 11 heteroatoms. The lowest BCUT2D eigenvalue weighted by molar-refractivity contribution is -0.390. The summed E-state index contributed by atoms with van der Waals surface area (Å²) in [4.78, 5) is 34.0. The smallest absolute Gasteiger partial charge is 0.346 e. The van der Waals surface area contributed by atoms with Crippen molar-refractivity contribution in [1.82, 2.24) is 0 Å².